The van der Waals surface area contributed by atoms with Crippen LogP contribution in [0.3, 0.4) is 0 Å². The van der Waals surface area contributed by atoms with Gasteiger partial charge in [0.1, 0.15) is 18.2 Å². The first-order valence-electron chi connectivity index (χ1n) is 8.49. The molecule has 7 heteroatoms. The van der Waals surface area contributed by atoms with Gasteiger partial charge < -0.3 is 9.72 Å². The Bertz CT molecular complexity index is 1210. The average Bonchev–Trinajstić information content (AvgIpc) is 3.16. The highest BCUT2D eigenvalue weighted by atomic mass is 16.6. The lowest BCUT2D eigenvalue weighted by Crippen LogP contribution is -1.98. The Labute approximate surface area is 160 Å². The van der Waals surface area contributed by atoms with Gasteiger partial charge in [-0.15, -0.1) is 0 Å². The first-order valence-corrected chi connectivity index (χ1v) is 8.49. The zero-order chi connectivity index (χ0) is 19.5. The minimum atomic E-state index is -0.434. The van der Waals surface area contributed by atoms with Gasteiger partial charge in [-0.05, 0) is 36.4 Å². The summed E-state index contributed by atoms with van der Waals surface area (Å²) in [6.07, 6.45) is 0. The number of nitrogens with zero attached hydrogens (tertiary/aromatic N) is 3. The summed E-state index contributed by atoms with van der Waals surface area (Å²) in [5.74, 6) is 1.29. The number of nitriles is 1. The number of nitro groups is 1. The summed E-state index contributed by atoms with van der Waals surface area (Å²) >= 11 is 0. The molecule has 0 amide bonds. The van der Waals surface area contributed by atoms with E-state index < -0.39 is 4.92 Å². The summed E-state index contributed by atoms with van der Waals surface area (Å²) in [5, 5.41) is 20.0. The number of imidazole rings is 1. The minimum Gasteiger partial charge on any atom is -0.489 e. The maximum absolute atomic E-state index is 10.9. The number of nitrogens with one attached hydrogen (secondary N) is 1. The van der Waals surface area contributed by atoms with Crippen molar-refractivity contribution >= 4 is 16.7 Å². The van der Waals surface area contributed by atoms with Crippen LogP contribution in [0.15, 0.2) is 66.7 Å². The predicted molar refractivity (Wildman–Crippen MR) is 104 cm³/mol. The van der Waals surface area contributed by atoms with Gasteiger partial charge in [-0.3, -0.25) is 10.1 Å². The van der Waals surface area contributed by atoms with Gasteiger partial charge in [0.25, 0.3) is 5.69 Å². The molecule has 0 aliphatic rings. The van der Waals surface area contributed by atoms with E-state index in [1.807, 2.05) is 42.5 Å². The zero-order valence-electron chi connectivity index (χ0n) is 14.6. The molecule has 0 aliphatic carbocycles. The van der Waals surface area contributed by atoms with Crippen LogP contribution >= 0.6 is 0 Å². The van der Waals surface area contributed by atoms with E-state index in [4.69, 9.17) is 10.00 Å². The molecule has 0 radical (unpaired) electrons. The van der Waals surface area contributed by atoms with Gasteiger partial charge in [0.2, 0.25) is 0 Å². The highest BCUT2D eigenvalue weighted by molar-refractivity contribution is 5.81. The lowest BCUT2D eigenvalue weighted by atomic mass is 10.1. The van der Waals surface area contributed by atoms with E-state index in [1.165, 1.54) is 12.1 Å². The number of aromatic amines is 1. The molecule has 28 heavy (non-hydrogen) atoms. The van der Waals surface area contributed by atoms with Gasteiger partial charge in [0.05, 0.1) is 27.6 Å². The van der Waals surface area contributed by atoms with E-state index in [0.717, 1.165) is 11.1 Å². The molecule has 0 spiro atoms. The SMILES string of the molecule is N#Cc1ccccc1COc1ccc(-c2nc3ccc([N+](=O)[O-])cc3[nH]2)cc1. The molecule has 0 fully saturated rings. The molecule has 136 valence electrons. The first kappa shape index (κ1) is 17.2. The fourth-order valence-corrected chi connectivity index (χ4v) is 2.87. The van der Waals surface area contributed by atoms with Crippen LogP contribution in [0.5, 0.6) is 5.75 Å². The molecule has 1 N–H and O–H groups in total. The molecule has 7 nitrogen and oxygen atoms in total. The number of nitro benzene ring substituents is 1. The molecule has 3 aromatic carbocycles. The summed E-state index contributed by atoms with van der Waals surface area (Å²) in [6.45, 7) is 0.303. The van der Waals surface area contributed by atoms with Gasteiger partial charge in [-0.2, -0.15) is 5.26 Å². The molecular weight excluding hydrogens is 356 g/mol. The van der Waals surface area contributed by atoms with Crippen LogP contribution in [-0.2, 0) is 6.61 Å². The van der Waals surface area contributed by atoms with Gasteiger partial charge in [0, 0.05) is 23.3 Å². The maximum Gasteiger partial charge on any atom is 0.271 e. The summed E-state index contributed by atoms with van der Waals surface area (Å²) in [4.78, 5) is 18.1. The third-order valence-electron chi connectivity index (χ3n) is 4.34. The van der Waals surface area contributed by atoms with E-state index in [0.29, 0.717) is 34.8 Å². The van der Waals surface area contributed by atoms with Crippen molar-refractivity contribution in [3.8, 4) is 23.2 Å². The van der Waals surface area contributed by atoms with Crippen molar-refractivity contribution in [3.63, 3.8) is 0 Å². The van der Waals surface area contributed by atoms with E-state index >= 15 is 0 Å². The molecule has 4 aromatic rings. The van der Waals surface area contributed by atoms with Crippen LogP contribution in [0.2, 0.25) is 0 Å². The van der Waals surface area contributed by atoms with E-state index in [2.05, 4.69) is 16.0 Å². The Kier molecular flexibility index (Phi) is 4.44. The Morgan fingerprint density at radius 1 is 1.11 bits per heavy atom. The van der Waals surface area contributed by atoms with Crippen LogP contribution in [0, 0.1) is 21.4 Å². The van der Waals surface area contributed by atoms with Crippen molar-refractivity contribution in [2.45, 2.75) is 6.61 Å². The van der Waals surface area contributed by atoms with Crippen LogP contribution in [0.1, 0.15) is 11.1 Å². The largest absolute Gasteiger partial charge is 0.489 e. The van der Waals surface area contributed by atoms with Gasteiger partial charge in [-0.1, -0.05) is 18.2 Å². The lowest BCUT2D eigenvalue weighted by molar-refractivity contribution is -0.384. The Morgan fingerprint density at radius 3 is 2.64 bits per heavy atom. The number of benzene rings is 3. The van der Waals surface area contributed by atoms with Crippen LogP contribution in [-0.4, -0.2) is 14.9 Å². The van der Waals surface area contributed by atoms with E-state index in [1.54, 1.807) is 12.1 Å². The van der Waals surface area contributed by atoms with Gasteiger partial charge in [0.15, 0.2) is 0 Å². The zero-order valence-corrected chi connectivity index (χ0v) is 14.6. The summed E-state index contributed by atoms with van der Waals surface area (Å²) in [7, 11) is 0. The number of aromatic nitrogens is 2. The highest BCUT2D eigenvalue weighted by Gasteiger charge is 2.11. The fraction of sp³-hybridized carbons (Fsp3) is 0.0476. The average molecular weight is 370 g/mol. The summed E-state index contributed by atoms with van der Waals surface area (Å²) < 4.78 is 5.77. The molecule has 0 atom stereocenters. The molecule has 0 bridgehead atoms. The number of rotatable bonds is 5. The lowest BCUT2D eigenvalue weighted by Gasteiger charge is -2.08. The van der Waals surface area contributed by atoms with Crippen molar-refractivity contribution < 1.29 is 9.66 Å². The Morgan fingerprint density at radius 2 is 1.89 bits per heavy atom. The second kappa shape index (κ2) is 7.21. The number of hydrogen-bond acceptors (Lipinski definition) is 5. The molecule has 1 heterocycles. The fourth-order valence-electron chi connectivity index (χ4n) is 2.87. The van der Waals surface area contributed by atoms with Crippen molar-refractivity contribution in [2.24, 2.45) is 0 Å². The van der Waals surface area contributed by atoms with Crippen molar-refractivity contribution in [3.05, 3.63) is 88.0 Å². The van der Waals surface area contributed by atoms with Crippen LogP contribution < -0.4 is 4.74 Å². The van der Waals surface area contributed by atoms with Crippen LogP contribution in [0.4, 0.5) is 5.69 Å². The van der Waals surface area contributed by atoms with E-state index in [9.17, 15) is 10.1 Å². The topological polar surface area (TPSA) is 105 Å². The standard InChI is InChI=1S/C21H14N4O3/c22-12-15-3-1-2-4-16(15)13-28-18-8-5-14(6-9-18)21-23-19-10-7-17(25(26)27)11-20(19)24-21/h1-11H,13H2,(H,23,24). The van der Waals surface area contributed by atoms with Crippen LogP contribution in [0.25, 0.3) is 22.4 Å². The molecule has 0 aliphatic heterocycles. The predicted octanol–water partition coefficient (Wildman–Crippen LogP) is 4.59. The Balaban J connectivity index is 1.52. The summed E-state index contributed by atoms with van der Waals surface area (Å²) in [5.41, 5.74) is 3.54. The molecule has 0 saturated carbocycles. The molecule has 0 saturated heterocycles. The van der Waals surface area contributed by atoms with E-state index in [-0.39, 0.29) is 5.69 Å². The monoisotopic (exact) mass is 370 g/mol. The van der Waals surface area contributed by atoms with Crippen molar-refractivity contribution in [1.82, 2.24) is 9.97 Å². The number of ether oxygens (including phenoxy) is 1. The molecular formula is C21H14N4O3. The number of non-ortho nitro benzene ring substituents is 1. The van der Waals surface area contributed by atoms with Gasteiger partial charge in [-0.25, -0.2) is 4.98 Å². The number of fused-ring (bicyclic) bond motifs is 1. The number of hydrogen-bond donors (Lipinski definition) is 1. The highest BCUT2D eigenvalue weighted by Crippen LogP contribution is 2.25. The second-order valence-electron chi connectivity index (χ2n) is 6.13. The quantitative estimate of drug-likeness (QED) is 0.409. The summed E-state index contributed by atoms with van der Waals surface area (Å²) in [6, 6.07) is 21.3. The van der Waals surface area contributed by atoms with Crippen molar-refractivity contribution in [2.75, 3.05) is 0 Å². The second-order valence-corrected chi connectivity index (χ2v) is 6.13. The minimum absolute atomic E-state index is 0.0177. The Hall–Kier alpha value is -4.18. The normalized spacial score (nSPS) is 10.5. The maximum atomic E-state index is 10.9. The third kappa shape index (κ3) is 3.39. The molecule has 1 aromatic heterocycles. The number of H-pyrrole nitrogens is 1. The smallest absolute Gasteiger partial charge is 0.271 e. The van der Waals surface area contributed by atoms with Gasteiger partial charge >= 0.3 is 0 Å². The van der Waals surface area contributed by atoms with Crippen molar-refractivity contribution in [1.29, 1.82) is 5.26 Å². The first-order chi connectivity index (χ1) is 13.6. The molecule has 0 unspecified atom stereocenters. The third-order valence-corrected chi connectivity index (χ3v) is 4.34. The molecule has 4 rings (SSSR count).